The molecule has 1 N–H and O–H groups in total. The summed E-state index contributed by atoms with van der Waals surface area (Å²) in [7, 11) is 1.30. The summed E-state index contributed by atoms with van der Waals surface area (Å²) >= 11 is 5.73. The van der Waals surface area contributed by atoms with Gasteiger partial charge in [-0.05, 0) is 17.2 Å². The third kappa shape index (κ3) is 3.27. The molecule has 0 amide bonds. The van der Waals surface area contributed by atoms with Crippen molar-refractivity contribution in [2.24, 2.45) is 0 Å². The van der Waals surface area contributed by atoms with Gasteiger partial charge < -0.3 is 9.72 Å². The predicted octanol–water partition coefficient (Wildman–Crippen LogP) is 2.49. The van der Waals surface area contributed by atoms with E-state index in [1.165, 1.54) is 13.3 Å². The first-order chi connectivity index (χ1) is 9.63. The number of alkyl halides is 1. The second-order valence-corrected chi connectivity index (χ2v) is 4.63. The van der Waals surface area contributed by atoms with Crippen molar-refractivity contribution in [3.05, 3.63) is 69.1 Å². The van der Waals surface area contributed by atoms with Gasteiger partial charge in [0.05, 0.1) is 12.7 Å². The van der Waals surface area contributed by atoms with E-state index in [2.05, 4.69) is 9.72 Å². The number of carbonyl (C=O) groups is 1. The van der Waals surface area contributed by atoms with Crippen molar-refractivity contribution in [2.45, 2.75) is 12.3 Å². The lowest BCUT2D eigenvalue weighted by Crippen LogP contribution is -2.15. The zero-order chi connectivity index (χ0) is 14.5. The van der Waals surface area contributed by atoms with E-state index in [0.29, 0.717) is 23.4 Å². The number of benzene rings is 1. The second-order valence-electron chi connectivity index (χ2n) is 4.36. The van der Waals surface area contributed by atoms with Gasteiger partial charge in [0, 0.05) is 24.1 Å². The molecule has 0 aliphatic carbocycles. The number of pyridine rings is 1. The van der Waals surface area contributed by atoms with E-state index in [0.717, 1.165) is 11.1 Å². The minimum atomic E-state index is -0.472. The van der Waals surface area contributed by atoms with Gasteiger partial charge in [-0.3, -0.25) is 4.79 Å². The third-order valence-electron chi connectivity index (χ3n) is 2.97. The Bertz CT molecular complexity index is 662. The van der Waals surface area contributed by atoms with Crippen LogP contribution in [0.2, 0.25) is 0 Å². The number of aromatic amines is 1. The van der Waals surface area contributed by atoms with Crippen LogP contribution in [0.15, 0.2) is 41.3 Å². The SMILES string of the molecule is COC(=O)c1c[nH]c(=O)c(Cc2ccc(CCl)cc2)c1. The largest absolute Gasteiger partial charge is 0.465 e. The molecule has 0 saturated carbocycles. The maximum atomic E-state index is 11.8. The van der Waals surface area contributed by atoms with E-state index >= 15 is 0 Å². The van der Waals surface area contributed by atoms with Gasteiger partial charge in [0.25, 0.3) is 5.56 Å². The van der Waals surface area contributed by atoms with Crippen LogP contribution in [0.1, 0.15) is 27.0 Å². The lowest BCUT2D eigenvalue weighted by molar-refractivity contribution is 0.0600. The number of rotatable bonds is 4. The highest BCUT2D eigenvalue weighted by Gasteiger charge is 2.09. The van der Waals surface area contributed by atoms with E-state index in [1.807, 2.05) is 24.3 Å². The fraction of sp³-hybridized carbons (Fsp3) is 0.200. The van der Waals surface area contributed by atoms with Crippen molar-refractivity contribution in [1.82, 2.24) is 4.98 Å². The minimum Gasteiger partial charge on any atom is -0.465 e. The van der Waals surface area contributed by atoms with Crippen molar-refractivity contribution in [3.63, 3.8) is 0 Å². The molecule has 5 heteroatoms. The van der Waals surface area contributed by atoms with Crippen LogP contribution in [0.3, 0.4) is 0 Å². The average molecular weight is 292 g/mol. The maximum Gasteiger partial charge on any atom is 0.339 e. The Kier molecular flexibility index (Phi) is 4.58. The number of methoxy groups -OCH3 is 1. The zero-order valence-electron chi connectivity index (χ0n) is 11.0. The first kappa shape index (κ1) is 14.3. The van der Waals surface area contributed by atoms with Crippen molar-refractivity contribution in [2.75, 3.05) is 7.11 Å². The van der Waals surface area contributed by atoms with Gasteiger partial charge in [0.15, 0.2) is 0 Å². The standard InChI is InChI=1S/C15H14ClNO3/c1-20-15(19)13-7-12(14(18)17-9-13)6-10-2-4-11(8-16)5-3-10/h2-5,7,9H,6,8H2,1H3,(H,17,18). The van der Waals surface area contributed by atoms with E-state index < -0.39 is 5.97 Å². The van der Waals surface area contributed by atoms with E-state index in [9.17, 15) is 9.59 Å². The molecule has 0 radical (unpaired) electrons. The van der Waals surface area contributed by atoms with Crippen molar-refractivity contribution >= 4 is 17.6 Å². The molecule has 20 heavy (non-hydrogen) atoms. The molecule has 0 spiro atoms. The van der Waals surface area contributed by atoms with Crippen LogP contribution in [0.4, 0.5) is 0 Å². The molecule has 4 nitrogen and oxygen atoms in total. The molecule has 1 heterocycles. The van der Waals surface area contributed by atoms with E-state index in [4.69, 9.17) is 11.6 Å². The Morgan fingerprint density at radius 1 is 1.25 bits per heavy atom. The lowest BCUT2D eigenvalue weighted by atomic mass is 10.0. The minimum absolute atomic E-state index is 0.209. The smallest absolute Gasteiger partial charge is 0.339 e. The number of ether oxygens (including phenoxy) is 1. The average Bonchev–Trinajstić information content (AvgIpc) is 2.49. The quantitative estimate of drug-likeness (QED) is 0.695. The van der Waals surface area contributed by atoms with Gasteiger partial charge in [0.2, 0.25) is 0 Å². The lowest BCUT2D eigenvalue weighted by Gasteiger charge is -2.04. The molecule has 0 saturated heterocycles. The number of hydrogen-bond acceptors (Lipinski definition) is 3. The molecule has 2 rings (SSSR count). The van der Waals surface area contributed by atoms with Crippen molar-refractivity contribution in [1.29, 1.82) is 0 Å². The first-order valence-electron chi connectivity index (χ1n) is 6.07. The highest BCUT2D eigenvalue weighted by molar-refractivity contribution is 6.17. The zero-order valence-corrected chi connectivity index (χ0v) is 11.7. The van der Waals surface area contributed by atoms with Gasteiger partial charge in [-0.15, -0.1) is 11.6 Å². The van der Waals surface area contributed by atoms with Crippen LogP contribution in [0.5, 0.6) is 0 Å². The summed E-state index contributed by atoms with van der Waals surface area (Å²) in [6.07, 6.45) is 1.80. The Morgan fingerprint density at radius 3 is 2.50 bits per heavy atom. The number of nitrogens with one attached hydrogen (secondary N) is 1. The summed E-state index contributed by atoms with van der Waals surface area (Å²) in [4.78, 5) is 25.8. The van der Waals surface area contributed by atoms with Crippen LogP contribution < -0.4 is 5.56 Å². The highest BCUT2D eigenvalue weighted by atomic mass is 35.5. The monoisotopic (exact) mass is 291 g/mol. The molecule has 0 aliphatic heterocycles. The maximum absolute atomic E-state index is 11.8. The van der Waals surface area contributed by atoms with Crippen molar-refractivity contribution < 1.29 is 9.53 Å². The summed E-state index contributed by atoms with van der Waals surface area (Å²) < 4.78 is 4.64. The van der Waals surface area contributed by atoms with Gasteiger partial charge >= 0.3 is 5.97 Å². The molecule has 104 valence electrons. The summed E-state index contributed by atoms with van der Waals surface area (Å²) in [6, 6.07) is 9.23. The summed E-state index contributed by atoms with van der Waals surface area (Å²) in [5.41, 5.74) is 2.64. The van der Waals surface area contributed by atoms with Gasteiger partial charge in [0.1, 0.15) is 0 Å². The van der Waals surface area contributed by atoms with E-state index in [-0.39, 0.29) is 5.56 Å². The molecular weight excluding hydrogens is 278 g/mol. The molecule has 1 aromatic heterocycles. The molecule has 1 aromatic carbocycles. The number of esters is 1. The normalized spacial score (nSPS) is 10.3. The number of H-pyrrole nitrogens is 1. The van der Waals surface area contributed by atoms with Crippen LogP contribution in [0.25, 0.3) is 0 Å². The Balaban J connectivity index is 2.27. The van der Waals surface area contributed by atoms with Gasteiger partial charge in [-0.2, -0.15) is 0 Å². The molecule has 0 unspecified atom stereocenters. The second kappa shape index (κ2) is 6.39. The topological polar surface area (TPSA) is 59.2 Å². The molecule has 0 bridgehead atoms. The number of hydrogen-bond donors (Lipinski definition) is 1. The highest BCUT2D eigenvalue weighted by Crippen LogP contribution is 2.11. The van der Waals surface area contributed by atoms with Crippen LogP contribution in [-0.4, -0.2) is 18.1 Å². The molecule has 0 fully saturated rings. The third-order valence-corrected chi connectivity index (χ3v) is 3.28. The Labute approximate surface area is 121 Å². The van der Waals surface area contributed by atoms with Crippen LogP contribution in [-0.2, 0) is 17.0 Å². The fourth-order valence-electron chi connectivity index (χ4n) is 1.86. The summed E-state index contributed by atoms with van der Waals surface area (Å²) in [6.45, 7) is 0. The first-order valence-corrected chi connectivity index (χ1v) is 6.61. The predicted molar refractivity (Wildman–Crippen MR) is 77.2 cm³/mol. The number of halogens is 1. The van der Waals surface area contributed by atoms with Gasteiger partial charge in [-0.25, -0.2) is 4.79 Å². The van der Waals surface area contributed by atoms with Crippen LogP contribution in [0, 0.1) is 0 Å². The molecule has 0 aliphatic rings. The Hall–Kier alpha value is -2.07. The van der Waals surface area contributed by atoms with Gasteiger partial charge in [-0.1, -0.05) is 24.3 Å². The summed E-state index contributed by atoms with van der Waals surface area (Å²) in [5.74, 6) is -0.0152. The molecule has 2 aromatic rings. The fourth-order valence-corrected chi connectivity index (χ4v) is 2.04. The van der Waals surface area contributed by atoms with Crippen molar-refractivity contribution in [3.8, 4) is 0 Å². The number of carbonyl (C=O) groups excluding carboxylic acids is 1. The number of aromatic nitrogens is 1. The van der Waals surface area contributed by atoms with Crippen LogP contribution >= 0.6 is 11.6 Å². The Morgan fingerprint density at radius 2 is 1.90 bits per heavy atom. The molecular formula is C15H14ClNO3. The molecule has 0 atom stereocenters. The summed E-state index contributed by atoms with van der Waals surface area (Å²) in [5, 5.41) is 0. The van der Waals surface area contributed by atoms with E-state index in [1.54, 1.807) is 6.07 Å².